The zero-order chi connectivity index (χ0) is 18.8. The summed E-state index contributed by atoms with van der Waals surface area (Å²) in [6.07, 6.45) is 1.39. The van der Waals surface area contributed by atoms with Crippen molar-refractivity contribution >= 4 is 45.9 Å². The predicted molar refractivity (Wildman–Crippen MR) is 101 cm³/mol. The van der Waals surface area contributed by atoms with Crippen LogP contribution in [0.2, 0.25) is 10.0 Å². The van der Waals surface area contributed by atoms with Gasteiger partial charge in [-0.3, -0.25) is 9.59 Å². The molecule has 0 radical (unpaired) electrons. The van der Waals surface area contributed by atoms with Gasteiger partial charge in [-0.2, -0.15) is 0 Å². The molecule has 0 fully saturated rings. The van der Waals surface area contributed by atoms with Crippen molar-refractivity contribution in [2.24, 2.45) is 0 Å². The molecule has 0 saturated heterocycles. The van der Waals surface area contributed by atoms with Crippen LogP contribution in [0.25, 0.3) is 10.9 Å². The maximum Gasteiger partial charge on any atom is 0.311 e. The van der Waals surface area contributed by atoms with Crippen molar-refractivity contribution in [3.05, 3.63) is 63.8 Å². The second-order valence-electron chi connectivity index (χ2n) is 5.80. The maximum atomic E-state index is 12.6. The molecular weight excluding hydrogens is 377 g/mol. The van der Waals surface area contributed by atoms with E-state index in [9.17, 15) is 14.7 Å². The minimum Gasteiger partial charge on any atom is -0.497 e. The number of benzene rings is 2. The van der Waals surface area contributed by atoms with Crippen molar-refractivity contribution in [1.29, 1.82) is 0 Å². The van der Waals surface area contributed by atoms with Crippen LogP contribution in [-0.2, 0) is 4.79 Å². The Hall–Kier alpha value is -2.50. The number of ketones is 1. The lowest BCUT2D eigenvalue weighted by atomic mass is 9.91. The highest BCUT2D eigenvalue weighted by Crippen LogP contribution is 2.32. The average molecular weight is 392 g/mol. The van der Waals surface area contributed by atoms with Crippen molar-refractivity contribution in [3.63, 3.8) is 0 Å². The molecule has 26 heavy (non-hydrogen) atoms. The van der Waals surface area contributed by atoms with Crippen molar-refractivity contribution in [1.82, 2.24) is 4.98 Å². The van der Waals surface area contributed by atoms with Gasteiger partial charge in [-0.05, 0) is 42.0 Å². The third-order valence-electron chi connectivity index (χ3n) is 4.22. The molecule has 0 saturated carbocycles. The Morgan fingerprint density at radius 2 is 1.96 bits per heavy atom. The molecule has 5 nitrogen and oxygen atoms in total. The van der Waals surface area contributed by atoms with Gasteiger partial charge in [0.25, 0.3) is 0 Å². The molecule has 134 valence electrons. The fourth-order valence-electron chi connectivity index (χ4n) is 2.88. The van der Waals surface area contributed by atoms with Gasteiger partial charge in [0.15, 0.2) is 5.78 Å². The van der Waals surface area contributed by atoms with Gasteiger partial charge in [0.1, 0.15) is 5.75 Å². The molecule has 0 bridgehead atoms. The Morgan fingerprint density at radius 3 is 2.62 bits per heavy atom. The SMILES string of the molecule is COc1ccc2[nH]cc(C(CC(=O)c3ccc(Cl)cc3Cl)C(=O)O)c2c1. The van der Waals surface area contributed by atoms with Crippen molar-refractivity contribution < 1.29 is 19.4 Å². The van der Waals surface area contributed by atoms with Crippen LogP contribution in [0, 0.1) is 0 Å². The number of methoxy groups -OCH3 is 1. The molecule has 2 N–H and O–H groups in total. The molecule has 0 spiro atoms. The number of carbonyl (C=O) groups is 2. The quantitative estimate of drug-likeness (QED) is 0.584. The van der Waals surface area contributed by atoms with Gasteiger partial charge in [0.05, 0.1) is 18.1 Å². The maximum absolute atomic E-state index is 12.6. The summed E-state index contributed by atoms with van der Waals surface area (Å²) in [7, 11) is 1.54. The van der Waals surface area contributed by atoms with Gasteiger partial charge in [0, 0.05) is 34.1 Å². The number of aromatic amines is 1. The Morgan fingerprint density at radius 1 is 1.19 bits per heavy atom. The smallest absolute Gasteiger partial charge is 0.311 e. The van der Waals surface area contributed by atoms with E-state index < -0.39 is 11.9 Å². The number of carboxylic acids is 1. The van der Waals surface area contributed by atoms with Gasteiger partial charge in [-0.25, -0.2) is 0 Å². The summed E-state index contributed by atoms with van der Waals surface area (Å²) in [4.78, 5) is 27.5. The summed E-state index contributed by atoms with van der Waals surface area (Å²) >= 11 is 11.9. The van der Waals surface area contributed by atoms with Crippen molar-refractivity contribution in [2.45, 2.75) is 12.3 Å². The topological polar surface area (TPSA) is 79.4 Å². The number of aromatic nitrogens is 1. The molecule has 3 rings (SSSR count). The fraction of sp³-hybridized carbons (Fsp3) is 0.158. The number of hydrogen-bond acceptors (Lipinski definition) is 3. The summed E-state index contributed by atoms with van der Waals surface area (Å²) in [5.74, 6) is -1.87. The summed E-state index contributed by atoms with van der Waals surface area (Å²) < 4.78 is 5.21. The van der Waals surface area contributed by atoms with Crippen LogP contribution in [0.15, 0.2) is 42.6 Å². The lowest BCUT2D eigenvalue weighted by Crippen LogP contribution is -2.16. The van der Waals surface area contributed by atoms with Gasteiger partial charge in [-0.1, -0.05) is 23.2 Å². The normalized spacial score (nSPS) is 12.1. The Labute approximate surface area is 159 Å². The van der Waals surface area contributed by atoms with E-state index in [0.29, 0.717) is 21.7 Å². The van der Waals surface area contributed by atoms with Crippen LogP contribution >= 0.6 is 23.2 Å². The number of ether oxygens (including phenoxy) is 1. The number of aliphatic carboxylic acids is 1. The predicted octanol–water partition coefficient (Wildman–Crippen LogP) is 4.92. The van der Waals surface area contributed by atoms with E-state index in [2.05, 4.69) is 4.98 Å². The highest BCUT2D eigenvalue weighted by atomic mass is 35.5. The first-order valence-electron chi connectivity index (χ1n) is 7.76. The van der Waals surface area contributed by atoms with E-state index >= 15 is 0 Å². The van der Waals surface area contributed by atoms with Crippen LogP contribution < -0.4 is 4.74 Å². The monoisotopic (exact) mass is 391 g/mol. The lowest BCUT2D eigenvalue weighted by molar-refractivity contribution is -0.138. The van der Waals surface area contributed by atoms with Crippen LogP contribution in [0.4, 0.5) is 0 Å². The molecule has 1 atom stereocenters. The van der Waals surface area contributed by atoms with E-state index in [1.54, 1.807) is 30.5 Å². The first-order valence-corrected chi connectivity index (χ1v) is 8.52. The van der Waals surface area contributed by atoms with Gasteiger partial charge < -0.3 is 14.8 Å². The highest BCUT2D eigenvalue weighted by molar-refractivity contribution is 6.36. The number of carboxylic acid groups (broad SMARTS) is 1. The second kappa shape index (κ2) is 7.40. The Kier molecular flexibility index (Phi) is 5.20. The summed E-state index contributed by atoms with van der Waals surface area (Å²) in [5, 5.41) is 11.0. The standard InChI is InChI=1S/C19H15Cl2NO4/c1-26-11-3-5-17-13(7-11)15(9-22-17)14(19(24)25)8-18(23)12-4-2-10(20)6-16(12)21/h2-7,9,14,22H,8H2,1H3,(H,24,25). The Balaban J connectivity index is 1.97. The highest BCUT2D eigenvalue weighted by Gasteiger charge is 2.27. The molecule has 1 unspecified atom stereocenters. The van der Waals surface area contributed by atoms with Crippen molar-refractivity contribution in [3.8, 4) is 5.75 Å². The molecule has 7 heteroatoms. The average Bonchev–Trinajstić information content (AvgIpc) is 3.01. The molecule has 3 aromatic rings. The van der Waals surface area contributed by atoms with Gasteiger partial charge >= 0.3 is 5.97 Å². The van der Waals surface area contributed by atoms with E-state index in [1.807, 2.05) is 0 Å². The number of rotatable bonds is 6. The van der Waals surface area contributed by atoms with E-state index in [4.69, 9.17) is 27.9 Å². The van der Waals surface area contributed by atoms with Crippen LogP contribution in [0.1, 0.15) is 28.3 Å². The lowest BCUT2D eigenvalue weighted by Gasteiger charge is -2.12. The zero-order valence-electron chi connectivity index (χ0n) is 13.8. The number of nitrogens with one attached hydrogen (secondary N) is 1. The number of hydrogen-bond donors (Lipinski definition) is 2. The van der Waals surface area contributed by atoms with E-state index in [-0.39, 0.29) is 22.8 Å². The second-order valence-corrected chi connectivity index (χ2v) is 6.64. The number of halogens is 2. The fourth-order valence-corrected chi connectivity index (χ4v) is 3.39. The Bertz CT molecular complexity index is 996. The molecule has 1 aromatic heterocycles. The van der Waals surface area contributed by atoms with E-state index in [0.717, 1.165) is 5.52 Å². The molecule has 1 heterocycles. The number of carbonyl (C=O) groups excluding carboxylic acids is 1. The molecule has 0 aliphatic carbocycles. The first kappa shape index (κ1) is 18.3. The van der Waals surface area contributed by atoms with Crippen LogP contribution in [0.3, 0.4) is 0 Å². The first-order chi connectivity index (χ1) is 12.4. The number of H-pyrrole nitrogens is 1. The molecule has 0 aliphatic rings. The third kappa shape index (κ3) is 3.54. The largest absolute Gasteiger partial charge is 0.497 e. The minimum absolute atomic E-state index is 0.201. The van der Waals surface area contributed by atoms with Crippen LogP contribution in [0.5, 0.6) is 5.75 Å². The van der Waals surface area contributed by atoms with E-state index in [1.165, 1.54) is 19.2 Å². The summed E-state index contributed by atoms with van der Waals surface area (Å²) in [5.41, 5.74) is 1.54. The van der Waals surface area contributed by atoms with Crippen molar-refractivity contribution in [2.75, 3.05) is 7.11 Å². The zero-order valence-corrected chi connectivity index (χ0v) is 15.3. The van der Waals surface area contributed by atoms with Gasteiger partial charge in [0.2, 0.25) is 0 Å². The molecule has 0 amide bonds. The third-order valence-corrected chi connectivity index (χ3v) is 4.76. The van der Waals surface area contributed by atoms with Gasteiger partial charge in [-0.15, -0.1) is 0 Å². The molecule has 2 aromatic carbocycles. The van der Waals surface area contributed by atoms with Crippen LogP contribution in [-0.4, -0.2) is 29.0 Å². The summed E-state index contributed by atoms with van der Waals surface area (Å²) in [6.45, 7) is 0. The molecule has 0 aliphatic heterocycles. The number of fused-ring (bicyclic) bond motifs is 1. The summed E-state index contributed by atoms with van der Waals surface area (Å²) in [6, 6.07) is 9.84. The minimum atomic E-state index is -1.09. The number of Topliss-reactive ketones (excluding diaryl/α,β-unsaturated/α-hetero) is 1. The molecular formula is C19H15Cl2NO4.